The van der Waals surface area contributed by atoms with Crippen LogP contribution in [0.1, 0.15) is 23.5 Å². The minimum atomic E-state index is -3.57. The Morgan fingerprint density at radius 3 is 2.50 bits per heavy atom. The Morgan fingerprint density at radius 2 is 1.70 bits per heavy atom. The second-order valence-electron chi connectivity index (χ2n) is 6.91. The van der Waals surface area contributed by atoms with E-state index in [1.54, 1.807) is 37.4 Å². The van der Waals surface area contributed by atoms with Crippen molar-refractivity contribution in [1.82, 2.24) is 4.72 Å². The molecule has 156 valence electrons. The summed E-state index contributed by atoms with van der Waals surface area (Å²) in [4.78, 5) is 0.252. The molecule has 6 nitrogen and oxygen atoms in total. The molecule has 1 atom stereocenters. The molecule has 3 aromatic rings. The van der Waals surface area contributed by atoms with E-state index >= 15 is 0 Å². The molecule has 4 rings (SSSR count). The van der Waals surface area contributed by atoms with E-state index in [9.17, 15) is 8.42 Å². The fourth-order valence-electron chi connectivity index (χ4n) is 3.61. The number of benzene rings is 3. The number of sulfonamides is 1. The fraction of sp³-hybridized carbons (Fsp3) is 0.217. The van der Waals surface area contributed by atoms with Crippen molar-refractivity contribution in [2.45, 2.75) is 17.2 Å². The van der Waals surface area contributed by atoms with E-state index in [1.165, 1.54) is 0 Å². The lowest BCUT2D eigenvalue weighted by atomic mass is 9.87. The molecule has 0 radical (unpaired) electrons. The van der Waals surface area contributed by atoms with Crippen molar-refractivity contribution >= 4 is 10.0 Å². The molecule has 1 unspecified atom stereocenters. The molecule has 0 spiro atoms. The van der Waals surface area contributed by atoms with Crippen LogP contribution in [0.3, 0.4) is 0 Å². The average Bonchev–Trinajstić information content (AvgIpc) is 3.25. The number of nitrogens with one attached hydrogen (secondary N) is 1. The molecule has 0 aromatic heterocycles. The SMILES string of the molecule is COc1ccccc1C(CCNS(=O)(=O)c1ccccc1)c1ccc2c(c1)OCO2. The average molecular weight is 426 g/mol. The van der Waals surface area contributed by atoms with Crippen molar-refractivity contribution in [2.75, 3.05) is 20.4 Å². The van der Waals surface area contributed by atoms with Crippen LogP contribution < -0.4 is 18.9 Å². The molecule has 1 aliphatic heterocycles. The van der Waals surface area contributed by atoms with E-state index in [0.717, 1.165) is 16.9 Å². The number of para-hydroxylation sites is 1. The Bertz CT molecular complexity index is 1120. The summed E-state index contributed by atoms with van der Waals surface area (Å²) in [6.07, 6.45) is 0.548. The lowest BCUT2D eigenvalue weighted by molar-refractivity contribution is 0.174. The van der Waals surface area contributed by atoms with Crippen LogP contribution in [-0.2, 0) is 10.0 Å². The molecule has 0 bridgehead atoms. The second-order valence-corrected chi connectivity index (χ2v) is 8.67. The van der Waals surface area contributed by atoms with E-state index in [1.807, 2.05) is 42.5 Å². The molecule has 0 saturated heterocycles. The smallest absolute Gasteiger partial charge is 0.240 e. The van der Waals surface area contributed by atoms with Crippen LogP contribution in [0, 0.1) is 0 Å². The monoisotopic (exact) mass is 425 g/mol. The third-order valence-electron chi connectivity index (χ3n) is 5.09. The van der Waals surface area contributed by atoms with Crippen LogP contribution in [0.15, 0.2) is 77.7 Å². The normalized spacial score (nSPS) is 13.8. The van der Waals surface area contributed by atoms with Gasteiger partial charge in [-0.15, -0.1) is 0 Å². The van der Waals surface area contributed by atoms with Crippen molar-refractivity contribution in [2.24, 2.45) is 0 Å². The quantitative estimate of drug-likeness (QED) is 0.592. The van der Waals surface area contributed by atoms with Gasteiger partial charge in [-0.3, -0.25) is 0 Å². The highest BCUT2D eigenvalue weighted by Crippen LogP contribution is 2.39. The molecule has 1 heterocycles. The summed E-state index contributed by atoms with van der Waals surface area (Å²) in [7, 11) is -1.94. The Kier molecular flexibility index (Phi) is 5.92. The summed E-state index contributed by atoms with van der Waals surface area (Å²) in [6, 6.07) is 22.0. The fourth-order valence-corrected chi connectivity index (χ4v) is 4.68. The summed E-state index contributed by atoms with van der Waals surface area (Å²) >= 11 is 0. The number of hydrogen-bond donors (Lipinski definition) is 1. The number of hydrogen-bond acceptors (Lipinski definition) is 5. The van der Waals surface area contributed by atoms with Crippen molar-refractivity contribution < 1.29 is 22.6 Å². The maximum absolute atomic E-state index is 12.6. The number of ether oxygens (including phenoxy) is 3. The first-order valence-corrected chi connectivity index (χ1v) is 11.1. The second kappa shape index (κ2) is 8.77. The zero-order chi connectivity index (χ0) is 21.0. The van der Waals surface area contributed by atoms with Gasteiger partial charge >= 0.3 is 0 Å². The summed E-state index contributed by atoms with van der Waals surface area (Å²) in [6.45, 7) is 0.476. The molecular weight excluding hydrogens is 402 g/mol. The molecule has 0 aliphatic carbocycles. The first-order valence-electron chi connectivity index (χ1n) is 9.65. The van der Waals surface area contributed by atoms with E-state index in [-0.39, 0.29) is 24.2 Å². The minimum absolute atomic E-state index is 0.0888. The van der Waals surface area contributed by atoms with Gasteiger partial charge < -0.3 is 14.2 Å². The maximum Gasteiger partial charge on any atom is 0.240 e. The lowest BCUT2D eigenvalue weighted by Gasteiger charge is -2.21. The summed E-state index contributed by atoms with van der Waals surface area (Å²) in [5.74, 6) is 2.07. The predicted molar refractivity (Wildman–Crippen MR) is 114 cm³/mol. The van der Waals surface area contributed by atoms with Gasteiger partial charge in [-0.25, -0.2) is 13.1 Å². The zero-order valence-electron chi connectivity index (χ0n) is 16.6. The van der Waals surface area contributed by atoms with Crippen LogP contribution in [0.4, 0.5) is 0 Å². The van der Waals surface area contributed by atoms with Gasteiger partial charge in [0, 0.05) is 18.0 Å². The van der Waals surface area contributed by atoms with E-state index in [4.69, 9.17) is 14.2 Å². The first-order chi connectivity index (χ1) is 14.6. The minimum Gasteiger partial charge on any atom is -0.496 e. The van der Waals surface area contributed by atoms with Gasteiger partial charge in [-0.2, -0.15) is 0 Å². The molecule has 0 saturated carbocycles. The molecule has 7 heteroatoms. The molecule has 1 N–H and O–H groups in total. The predicted octanol–water partition coefficient (Wildman–Crippen LogP) is 3.92. The summed E-state index contributed by atoms with van der Waals surface area (Å²) in [5.41, 5.74) is 1.99. The van der Waals surface area contributed by atoms with Gasteiger partial charge in [0.25, 0.3) is 0 Å². The Morgan fingerprint density at radius 1 is 0.967 bits per heavy atom. The highest BCUT2D eigenvalue weighted by molar-refractivity contribution is 7.89. The largest absolute Gasteiger partial charge is 0.496 e. The van der Waals surface area contributed by atoms with Crippen molar-refractivity contribution in [3.63, 3.8) is 0 Å². The van der Waals surface area contributed by atoms with Crippen LogP contribution in [-0.4, -0.2) is 28.9 Å². The highest BCUT2D eigenvalue weighted by Gasteiger charge is 2.23. The lowest BCUT2D eigenvalue weighted by Crippen LogP contribution is -2.26. The molecular formula is C23H23NO5S. The van der Waals surface area contributed by atoms with E-state index in [2.05, 4.69) is 4.72 Å². The molecule has 0 amide bonds. The Labute approximate surface area is 176 Å². The van der Waals surface area contributed by atoms with Gasteiger partial charge in [0.15, 0.2) is 11.5 Å². The van der Waals surface area contributed by atoms with E-state index in [0.29, 0.717) is 17.9 Å². The first kappa shape index (κ1) is 20.3. The van der Waals surface area contributed by atoms with E-state index < -0.39 is 10.0 Å². The summed E-state index contributed by atoms with van der Waals surface area (Å²) in [5, 5.41) is 0. The maximum atomic E-state index is 12.6. The van der Waals surface area contributed by atoms with Crippen LogP contribution in [0.5, 0.6) is 17.2 Å². The van der Waals surface area contributed by atoms with Gasteiger partial charge in [0.1, 0.15) is 5.75 Å². The topological polar surface area (TPSA) is 73.9 Å². The van der Waals surface area contributed by atoms with Crippen molar-refractivity contribution in [3.05, 3.63) is 83.9 Å². The standard InChI is InChI=1S/C23H23NO5S/c1-27-21-10-6-5-9-20(21)19(17-11-12-22-23(15-17)29-16-28-22)13-14-24-30(25,26)18-7-3-2-4-8-18/h2-12,15,19,24H,13-14,16H2,1H3. The Balaban J connectivity index is 1.60. The molecule has 1 aliphatic rings. The third kappa shape index (κ3) is 4.27. The third-order valence-corrected chi connectivity index (χ3v) is 6.57. The van der Waals surface area contributed by atoms with Crippen LogP contribution in [0.2, 0.25) is 0 Å². The summed E-state index contributed by atoms with van der Waals surface area (Å²) < 4.78 is 44.4. The Hall–Kier alpha value is -3.03. The zero-order valence-corrected chi connectivity index (χ0v) is 17.4. The van der Waals surface area contributed by atoms with Gasteiger partial charge in [0.05, 0.1) is 12.0 Å². The number of fused-ring (bicyclic) bond motifs is 1. The van der Waals surface area contributed by atoms with Crippen molar-refractivity contribution in [3.8, 4) is 17.2 Å². The molecule has 30 heavy (non-hydrogen) atoms. The van der Waals surface area contributed by atoms with Crippen molar-refractivity contribution in [1.29, 1.82) is 0 Å². The number of rotatable bonds is 8. The van der Waals surface area contributed by atoms with Gasteiger partial charge in [-0.05, 0) is 42.3 Å². The highest BCUT2D eigenvalue weighted by atomic mass is 32.2. The van der Waals surface area contributed by atoms with Gasteiger partial charge in [0.2, 0.25) is 16.8 Å². The molecule has 0 fully saturated rings. The molecule has 3 aromatic carbocycles. The number of methoxy groups -OCH3 is 1. The van der Waals surface area contributed by atoms with Crippen LogP contribution >= 0.6 is 0 Å². The van der Waals surface area contributed by atoms with Crippen LogP contribution in [0.25, 0.3) is 0 Å². The van der Waals surface area contributed by atoms with Gasteiger partial charge in [-0.1, -0.05) is 42.5 Å².